The Morgan fingerprint density at radius 3 is 2.65 bits per heavy atom. The van der Waals surface area contributed by atoms with E-state index in [1.54, 1.807) is 42.8 Å². The van der Waals surface area contributed by atoms with Crippen LogP contribution in [0.4, 0.5) is 0 Å². The number of halogens is 1. The van der Waals surface area contributed by atoms with Crippen LogP contribution in [0.2, 0.25) is 5.02 Å². The summed E-state index contributed by atoms with van der Waals surface area (Å²) in [7, 11) is -1.05. The van der Waals surface area contributed by atoms with Crippen LogP contribution in [0.25, 0.3) is 5.65 Å². The molecule has 1 unspecified atom stereocenters. The monoisotopic (exact) mass is 347 g/mol. The zero-order valence-corrected chi connectivity index (χ0v) is 13.9. The molecule has 2 heterocycles. The van der Waals surface area contributed by atoms with Crippen molar-refractivity contribution >= 4 is 34.0 Å². The predicted octanol–water partition coefficient (Wildman–Crippen LogP) is 2.66. The van der Waals surface area contributed by atoms with Gasteiger partial charge >= 0.3 is 0 Å². The molecule has 3 aromatic rings. The van der Waals surface area contributed by atoms with E-state index in [9.17, 15) is 9.00 Å². The highest BCUT2D eigenvalue weighted by atomic mass is 35.5. The molecule has 1 amide bonds. The number of fused-ring (bicyclic) bond motifs is 1. The molecule has 0 aliphatic carbocycles. The first-order chi connectivity index (χ1) is 11.0. The van der Waals surface area contributed by atoms with Gasteiger partial charge in [-0.1, -0.05) is 11.6 Å². The summed E-state index contributed by atoms with van der Waals surface area (Å²) in [5, 5.41) is 3.44. The van der Waals surface area contributed by atoms with Crippen molar-refractivity contribution in [2.45, 2.75) is 11.4 Å². The van der Waals surface area contributed by atoms with Crippen LogP contribution in [0.5, 0.6) is 0 Å². The first kappa shape index (κ1) is 15.7. The van der Waals surface area contributed by atoms with Crippen molar-refractivity contribution in [3.8, 4) is 0 Å². The highest BCUT2D eigenvalue weighted by Crippen LogP contribution is 2.12. The summed E-state index contributed by atoms with van der Waals surface area (Å²) < 4.78 is 13.2. The lowest BCUT2D eigenvalue weighted by Gasteiger charge is -2.04. The van der Waals surface area contributed by atoms with E-state index in [2.05, 4.69) is 10.3 Å². The molecule has 0 aliphatic heterocycles. The van der Waals surface area contributed by atoms with Gasteiger partial charge in [0.2, 0.25) is 0 Å². The third-order valence-electron chi connectivity index (χ3n) is 3.34. The minimum Gasteiger partial charge on any atom is -0.346 e. The van der Waals surface area contributed by atoms with Gasteiger partial charge in [0.1, 0.15) is 5.65 Å². The summed E-state index contributed by atoms with van der Waals surface area (Å²) in [6.07, 6.45) is 5.19. The molecule has 1 N–H and O–H groups in total. The molecule has 118 valence electrons. The number of carbonyl (C=O) groups excluding carboxylic acids is 1. The molecule has 0 saturated carbocycles. The molecular weight excluding hydrogens is 334 g/mol. The van der Waals surface area contributed by atoms with Gasteiger partial charge in [0, 0.05) is 39.9 Å². The van der Waals surface area contributed by atoms with Crippen LogP contribution in [0.1, 0.15) is 16.1 Å². The molecule has 0 saturated heterocycles. The van der Waals surface area contributed by atoms with Gasteiger partial charge in [-0.25, -0.2) is 4.98 Å². The average Bonchev–Trinajstić information content (AvgIpc) is 2.94. The first-order valence-corrected chi connectivity index (χ1v) is 8.81. The zero-order valence-electron chi connectivity index (χ0n) is 12.3. The Hall–Kier alpha value is -2.18. The maximum atomic E-state index is 12.1. The Bertz CT molecular complexity index is 890. The van der Waals surface area contributed by atoms with Gasteiger partial charge in [-0.3, -0.25) is 9.00 Å². The van der Waals surface area contributed by atoms with Crippen molar-refractivity contribution in [3.63, 3.8) is 0 Å². The zero-order chi connectivity index (χ0) is 16.4. The Morgan fingerprint density at radius 2 is 1.96 bits per heavy atom. The number of nitrogens with one attached hydrogen (secondary N) is 1. The van der Waals surface area contributed by atoms with E-state index >= 15 is 0 Å². The molecule has 23 heavy (non-hydrogen) atoms. The van der Waals surface area contributed by atoms with Crippen LogP contribution in [0.15, 0.2) is 53.7 Å². The molecule has 0 bridgehead atoms. The second-order valence-electron chi connectivity index (χ2n) is 5.01. The first-order valence-electron chi connectivity index (χ1n) is 6.88. The molecule has 0 radical (unpaired) electrons. The fraction of sp³-hybridized carbons (Fsp3) is 0.125. The van der Waals surface area contributed by atoms with E-state index in [0.717, 1.165) is 11.3 Å². The third kappa shape index (κ3) is 3.60. The molecule has 5 nitrogen and oxygen atoms in total. The molecule has 0 spiro atoms. The van der Waals surface area contributed by atoms with Crippen LogP contribution >= 0.6 is 11.6 Å². The highest BCUT2D eigenvalue weighted by molar-refractivity contribution is 7.84. The number of hydrogen-bond acceptors (Lipinski definition) is 3. The van der Waals surface area contributed by atoms with Crippen LogP contribution in [0.3, 0.4) is 0 Å². The van der Waals surface area contributed by atoms with Crippen LogP contribution in [-0.4, -0.2) is 25.8 Å². The van der Waals surface area contributed by atoms with Gasteiger partial charge in [-0.15, -0.1) is 0 Å². The smallest absolute Gasteiger partial charge is 0.251 e. The van der Waals surface area contributed by atoms with Crippen molar-refractivity contribution < 1.29 is 9.00 Å². The molecule has 2 aromatic heterocycles. The topological polar surface area (TPSA) is 63.5 Å². The Labute approximate surface area is 140 Å². The minimum absolute atomic E-state index is 0.200. The van der Waals surface area contributed by atoms with Crippen LogP contribution in [-0.2, 0) is 17.3 Å². The highest BCUT2D eigenvalue weighted by Gasteiger charge is 2.08. The Kier molecular flexibility index (Phi) is 4.45. The number of rotatable bonds is 4. The number of benzene rings is 1. The lowest BCUT2D eigenvalue weighted by molar-refractivity contribution is 0.0950. The van der Waals surface area contributed by atoms with Crippen molar-refractivity contribution in [3.05, 3.63) is 65.1 Å². The lowest BCUT2D eigenvalue weighted by atomic mass is 10.2. The second-order valence-corrected chi connectivity index (χ2v) is 6.82. The van der Waals surface area contributed by atoms with Crippen LogP contribution in [0, 0.1) is 0 Å². The maximum Gasteiger partial charge on any atom is 0.251 e. The molecule has 0 aliphatic rings. The normalized spacial score (nSPS) is 12.3. The van der Waals surface area contributed by atoms with Gasteiger partial charge in [0.25, 0.3) is 5.91 Å². The molecule has 1 aromatic carbocycles. The fourth-order valence-corrected chi connectivity index (χ4v) is 2.86. The predicted molar refractivity (Wildman–Crippen MR) is 90.1 cm³/mol. The summed E-state index contributed by atoms with van der Waals surface area (Å²) in [5.74, 6) is -0.200. The maximum absolute atomic E-state index is 12.1. The molecule has 0 fully saturated rings. The number of hydrogen-bond donors (Lipinski definition) is 1. The fourth-order valence-electron chi connectivity index (χ4n) is 2.17. The number of carbonyl (C=O) groups is 1. The van der Waals surface area contributed by atoms with Crippen molar-refractivity contribution in [1.82, 2.24) is 14.7 Å². The SMILES string of the molecule is CS(=O)c1ccc(C(=O)NCc2cn3cc(Cl)ccc3n2)cc1. The molecule has 1 atom stereocenters. The van der Waals surface area contributed by atoms with Crippen molar-refractivity contribution in [2.75, 3.05) is 6.26 Å². The quantitative estimate of drug-likeness (QED) is 0.789. The summed E-state index contributed by atoms with van der Waals surface area (Å²) in [5.41, 5.74) is 2.03. The summed E-state index contributed by atoms with van der Waals surface area (Å²) in [6.45, 7) is 0.319. The van der Waals surface area contributed by atoms with Gasteiger partial charge < -0.3 is 9.72 Å². The number of nitrogens with zero attached hydrogens (tertiary/aromatic N) is 2. The van der Waals surface area contributed by atoms with E-state index in [4.69, 9.17) is 11.6 Å². The standard InChI is InChI=1S/C16H14ClN3O2S/c1-23(22)14-5-2-11(3-6-14)16(21)18-8-13-10-20-9-12(17)4-7-15(20)19-13/h2-7,9-10H,8H2,1H3,(H,18,21). The van der Waals surface area contributed by atoms with E-state index in [1.807, 2.05) is 16.7 Å². The van der Waals surface area contributed by atoms with Crippen molar-refractivity contribution in [1.29, 1.82) is 0 Å². The van der Waals surface area contributed by atoms with E-state index in [-0.39, 0.29) is 5.91 Å². The van der Waals surface area contributed by atoms with Crippen LogP contribution < -0.4 is 5.32 Å². The largest absolute Gasteiger partial charge is 0.346 e. The second kappa shape index (κ2) is 6.52. The molecule has 3 rings (SSSR count). The summed E-state index contributed by atoms with van der Waals surface area (Å²) in [4.78, 5) is 17.2. The number of imidazole rings is 1. The van der Waals surface area contributed by atoms with Gasteiger partial charge in [-0.2, -0.15) is 0 Å². The average molecular weight is 348 g/mol. The summed E-state index contributed by atoms with van der Waals surface area (Å²) in [6, 6.07) is 10.3. The Morgan fingerprint density at radius 1 is 1.22 bits per heavy atom. The van der Waals surface area contributed by atoms with Gasteiger partial charge in [0.05, 0.1) is 17.3 Å². The van der Waals surface area contributed by atoms with E-state index in [1.165, 1.54) is 0 Å². The van der Waals surface area contributed by atoms with E-state index in [0.29, 0.717) is 22.0 Å². The Balaban J connectivity index is 1.68. The van der Waals surface area contributed by atoms with E-state index < -0.39 is 10.8 Å². The van der Waals surface area contributed by atoms with Gasteiger partial charge in [-0.05, 0) is 36.4 Å². The molecular formula is C16H14ClN3O2S. The number of aromatic nitrogens is 2. The lowest BCUT2D eigenvalue weighted by Crippen LogP contribution is -2.22. The minimum atomic E-state index is -1.05. The summed E-state index contributed by atoms with van der Waals surface area (Å²) >= 11 is 5.93. The number of pyridine rings is 1. The van der Waals surface area contributed by atoms with Crippen molar-refractivity contribution in [2.24, 2.45) is 0 Å². The molecule has 7 heteroatoms. The van der Waals surface area contributed by atoms with Gasteiger partial charge in [0.15, 0.2) is 0 Å². The number of amides is 1. The third-order valence-corrected chi connectivity index (χ3v) is 4.50.